The average Bonchev–Trinajstić information content (AvgIpc) is 2.81. The van der Waals surface area contributed by atoms with Gasteiger partial charge in [0.2, 0.25) is 11.9 Å². The molecule has 5 heteroatoms. The molecule has 2 heterocycles. The van der Waals surface area contributed by atoms with Crippen LogP contribution in [0.2, 0.25) is 0 Å². The van der Waals surface area contributed by atoms with Gasteiger partial charge in [0, 0.05) is 37.3 Å². The first-order valence-corrected chi connectivity index (χ1v) is 8.61. The normalized spacial score (nSPS) is 31.5. The van der Waals surface area contributed by atoms with Crippen molar-refractivity contribution in [2.24, 2.45) is 11.8 Å². The number of fused-ring (bicyclic) bond motifs is 1. The highest BCUT2D eigenvalue weighted by Crippen LogP contribution is 2.47. The molecule has 0 spiro atoms. The summed E-state index contributed by atoms with van der Waals surface area (Å²) in [6, 6.07) is 1.83. The van der Waals surface area contributed by atoms with Crippen LogP contribution in [0.5, 0.6) is 0 Å². The van der Waals surface area contributed by atoms with Gasteiger partial charge in [-0.15, -0.1) is 0 Å². The molecule has 3 fully saturated rings. The monoisotopic (exact) mass is 300 g/mol. The van der Waals surface area contributed by atoms with Gasteiger partial charge in [0.1, 0.15) is 0 Å². The number of nitrogens with one attached hydrogen (secondary N) is 1. The summed E-state index contributed by atoms with van der Waals surface area (Å²) in [7, 11) is 0. The number of carbonyl (C=O) groups excluding carboxylic acids is 1. The van der Waals surface area contributed by atoms with Crippen LogP contribution in [0.3, 0.4) is 0 Å². The minimum atomic E-state index is 0.0195. The second-order valence-electron chi connectivity index (χ2n) is 7.14. The predicted molar refractivity (Wildman–Crippen MR) is 84.3 cm³/mol. The summed E-state index contributed by atoms with van der Waals surface area (Å²) in [5, 5.41) is 3.53. The Kier molecular flexibility index (Phi) is 3.51. The molecule has 3 aliphatic rings. The molecule has 1 saturated heterocycles. The van der Waals surface area contributed by atoms with Crippen LogP contribution in [0.1, 0.15) is 44.9 Å². The Bertz CT molecular complexity index is 543. The van der Waals surface area contributed by atoms with Gasteiger partial charge in [-0.05, 0) is 31.7 Å². The van der Waals surface area contributed by atoms with E-state index in [9.17, 15) is 4.79 Å². The molecule has 1 aromatic heterocycles. The number of rotatable bonds is 3. The summed E-state index contributed by atoms with van der Waals surface area (Å²) in [6.07, 6.45) is 11.7. The van der Waals surface area contributed by atoms with Gasteiger partial charge in [0.25, 0.3) is 0 Å². The second-order valence-corrected chi connectivity index (χ2v) is 7.14. The van der Waals surface area contributed by atoms with Gasteiger partial charge in [0.05, 0.1) is 5.54 Å². The van der Waals surface area contributed by atoms with E-state index in [2.05, 4.69) is 20.2 Å². The number of hydrogen-bond donors (Lipinski definition) is 1. The van der Waals surface area contributed by atoms with Crippen molar-refractivity contribution in [2.75, 3.05) is 18.4 Å². The summed E-state index contributed by atoms with van der Waals surface area (Å²) in [5.41, 5.74) is 0.0195. The molecule has 1 aromatic rings. The Balaban J connectivity index is 1.44. The van der Waals surface area contributed by atoms with Crippen molar-refractivity contribution in [2.45, 2.75) is 50.5 Å². The Morgan fingerprint density at radius 2 is 1.95 bits per heavy atom. The van der Waals surface area contributed by atoms with E-state index in [0.29, 0.717) is 17.8 Å². The van der Waals surface area contributed by atoms with Gasteiger partial charge in [0.15, 0.2) is 0 Å². The maximum absolute atomic E-state index is 12.8. The van der Waals surface area contributed by atoms with Gasteiger partial charge in [-0.1, -0.05) is 19.3 Å². The van der Waals surface area contributed by atoms with Crippen LogP contribution in [-0.2, 0) is 4.79 Å². The average molecular weight is 300 g/mol. The molecule has 0 aromatic carbocycles. The van der Waals surface area contributed by atoms with Crippen molar-refractivity contribution in [1.29, 1.82) is 0 Å². The fourth-order valence-corrected chi connectivity index (χ4v) is 4.41. The molecule has 1 amide bonds. The van der Waals surface area contributed by atoms with E-state index in [1.54, 1.807) is 12.4 Å². The molecule has 0 bridgehead atoms. The number of anilines is 1. The Hall–Kier alpha value is -1.65. The molecule has 4 rings (SSSR count). The van der Waals surface area contributed by atoms with Crippen LogP contribution in [0.15, 0.2) is 18.5 Å². The third-order valence-corrected chi connectivity index (χ3v) is 5.83. The van der Waals surface area contributed by atoms with Crippen LogP contribution in [0, 0.1) is 11.8 Å². The van der Waals surface area contributed by atoms with Crippen molar-refractivity contribution in [3.05, 3.63) is 18.5 Å². The Morgan fingerprint density at radius 3 is 2.64 bits per heavy atom. The van der Waals surface area contributed by atoms with E-state index in [0.717, 1.165) is 32.4 Å². The number of hydrogen-bond acceptors (Lipinski definition) is 4. The van der Waals surface area contributed by atoms with Gasteiger partial charge >= 0.3 is 0 Å². The predicted octanol–water partition coefficient (Wildman–Crippen LogP) is 2.46. The summed E-state index contributed by atoms with van der Waals surface area (Å²) < 4.78 is 0. The number of carbonyl (C=O) groups is 1. The lowest BCUT2D eigenvalue weighted by Gasteiger charge is -2.44. The largest absolute Gasteiger partial charge is 0.347 e. The molecule has 118 valence electrons. The molecule has 1 aliphatic heterocycles. The summed E-state index contributed by atoms with van der Waals surface area (Å²) >= 11 is 0. The molecule has 0 radical (unpaired) electrons. The molecule has 5 nitrogen and oxygen atoms in total. The molecule has 2 atom stereocenters. The van der Waals surface area contributed by atoms with Crippen LogP contribution in [-0.4, -0.2) is 39.4 Å². The zero-order chi connectivity index (χ0) is 15.0. The molecule has 2 aliphatic carbocycles. The summed E-state index contributed by atoms with van der Waals surface area (Å²) in [5.74, 6) is 1.92. The van der Waals surface area contributed by atoms with Crippen LogP contribution in [0.4, 0.5) is 5.95 Å². The van der Waals surface area contributed by atoms with Crippen LogP contribution in [0.25, 0.3) is 0 Å². The third-order valence-electron chi connectivity index (χ3n) is 5.83. The Morgan fingerprint density at radius 1 is 1.18 bits per heavy atom. The van der Waals surface area contributed by atoms with E-state index in [1.807, 2.05) is 6.07 Å². The fourth-order valence-electron chi connectivity index (χ4n) is 4.41. The molecule has 1 N–H and O–H groups in total. The van der Waals surface area contributed by atoms with E-state index in [4.69, 9.17) is 0 Å². The van der Waals surface area contributed by atoms with Crippen molar-refractivity contribution < 1.29 is 4.79 Å². The second kappa shape index (κ2) is 5.52. The molecular weight excluding hydrogens is 276 g/mol. The van der Waals surface area contributed by atoms with E-state index >= 15 is 0 Å². The lowest BCUT2D eigenvalue weighted by molar-refractivity contribution is -0.135. The maximum Gasteiger partial charge on any atom is 0.225 e. The lowest BCUT2D eigenvalue weighted by Crippen LogP contribution is -2.53. The van der Waals surface area contributed by atoms with Gasteiger partial charge in [-0.2, -0.15) is 0 Å². The number of nitrogens with zero attached hydrogens (tertiary/aromatic N) is 3. The first-order valence-electron chi connectivity index (χ1n) is 8.61. The van der Waals surface area contributed by atoms with E-state index < -0.39 is 0 Å². The van der Waals surface area contributed by atoms with E-state index in [1.165, 1.54) is 25.7 Å². The summed E-state index contributed by atoms with van der Waals surface area (Å²) in [6.45, 7) is 1.74. The molecule has 2 unspecified atom stereocenters. The first kappa shape index (κ1) is 14.0. The van der Waals surface area contributed by atoms with Crippen LogP contribution < -0.4 is 5.32 Å². The number of likely N-dealkylation sites (tertiary alicyclic amines) is 1. The van der Waals surface area contributed by atoms with Gasteiger partial charge < -0.3 is 10.2 Å². The van der Waals surface area contributed by atoms with Crippen molar-refractivity contribution in [3.63, 3.8) is 0 Å². The van der Waals surface area contributed by atoms with Crippen molar-refractivity contribution in [1.82, 2.24) is 14.9 Å². The van der Waals surface area contributed by atoms with Crippen LogP contribution >= 0.6 is 0 Å². The molecule has 22 heavy (non-hydrogen) atoms. The third kappa shape index (κ3) is 2.36. The number of aromatic nitrogens is 2. The zero-order valence-corrected chi connectivity index (χ0v) is 13.0. The van der Waals surface area contributed by atoms with Gasteiger partial charge in [-0.25, -0.2) is 9.97 Å². The number of amides is 1. The molecule has 2 saturated carbocycles. The Labute approximate surface area is 131 Å². The van der Waals surface area contributed by atoms with Crippen molar-refractivity contribution in [3.8, 4) is 0 Å². The fraction of sp³-hybridized carbons (Fsp3) is 0.706. The topological polar surface area (TPSA) is 58.1 Å². The van der Waals surface area contributed by atoms with Crippen molar-refractivity contribution >= 4 is 11.9 Å². The SMILES string of the molecule is O=C(C1CCCCC1)N1CC2CCC2(Nc2ncccn2)C1. The minimum absolute atomic E-state index is 0.0195. The van der Waals surface area contributed by atoms with Gasteiger partial charge in [-0.3, -0.25) is 4.79 Å². The summed E-state index contributed by atoms with van der Waals surface area (Å²) in [4.78, 5) is 23.5. The standard InChI is InChI=1S/C17H24N4O/c22-15(13-5-2-1-3-6-13)21-11-14-7-8-17(14,12-21)20-16-18-9-4-10-19-16/h4,9-10,13-14H,1-3,5-8,11-12H2,(H,18,19,20). The zero-order valence-electron chi connectivity index (χ0n) is 13.0. The highest BCUT2D eigenvalue weighted by molar-refractivity contribution is 5.79. The minimum Gasteiger partial charge on any atom is -0.347 e. The first-order chi connectivity index (χ1) is 10.8. The maximum atomic E-state index is 12.8. The smallest absolute Gasteiger partial charge is 0.225 e. The lowest BCUT2D eigenvalue weighted by atomic mass is 9.69. The highest BCUT2D eigenvalue weighted by Gasteiger charge is 2.54. The molecular formula is C17H24N4O. The van der Waals surface area contributed by atoms with E-state index in [-0.39, 0.29) is 11.5 Å². The highest BCUT2D eigenvalue weighted by atomic mass is 16.2. The quantitative estimate of drug-likeness (QED) is 0.931.